The van der Waals surface area contributed by atoms with Crippen LogP contribution in [0.4, 0.5) is 4.79 Å². The Bertz CT molecular complexity index is 632. The highest BCUT2D eigenvalue weighted by atomic mass is 16.5. The molecule has 6 nitrogen and oxygen atoms in total. The van der Waals surface area contributed by atoms with Crippen LogP contribution in [0.1, 0.15) is 49.3 Å². The maximum Gasteiger partial charge on any atom is 0.315 e. The molecule has 1 aromatic carbocycles. The number of aryl methyl sites for hydroxylation is 1. The Balaban J connectivity index is 1.61. The molecule has 1 aromatic rings. The van der Waals surface area contributed by atoms with Crippen molar-refractivity contribution < 1.29 is 14.3 Å². The summed E-state index contributed by atoms with van der Waals surface area (Å²) in [6.07, 6.45) is 4.31. The number of benzene rings is 1. The predicted molar refractivity (Wildman–Crippen MR) is 99.8 cm³/mol. The first-order valence-electron chi connectivity index (χ1n) is 9.55. The molecular formula is C20H29N3O3. The van der Waals surface area contributed by atoms with Crippen LogP contribution in [0.5, 0.6) is 0 Å². The number of hydrogen-bond donors (Lipinski definition) is 3. The molecule has 4 atom stereocenters. The van der Waals surface area contributed by atoms with Crippen LogP contribution in [0.3, 0.4) is 0 Å². The fourth-order valence-electron chi connectivity index (χ4n) is 4.02. The van der Waals surface area contributed by atoms with E-state index in [1.807, 2.05) is 0 Å². The van der Waals surface area contributed by atoms with Crippen molar-refractivity contribution in [2.24, 2.45) is 5.92 Å². The second-order valence-corrected chi connectivity index (χ2v) is 7.33. The van der Waals surface area contributed by atoms with Gasteiger partial charge in [0, 0.05) is 19.7 Å². The monoisotopic (exact) mass is 359 g/mol. The van der Waals surface area contributed by atoms with Crippen LogP contribution in [0, 0.1) is 12.8 Å². The van der Waals surface area contributed by atoms with Gasteiger partial charge < -0.3 is 20.7 Å². The van der Waals surface area contributed by atoms with E-state index in [1.165, 1.54) is 5.56 Å². The van der Waals surface area contributed by atoms with Crippen molar-refractivity contribution in [3.8, 4) is 0 Å². The molecule has 1 aliphatic heterocycles. The number of hydrogen-bond acceptors (Lipinski definition) is 3. The molecular weight excluding hydrogens is 330 g/mol. The Morgan fingerprint density at radius 2 is 1.69 bits per heavy atom. The van der Waals surface area contributed by atoms with Gasteiger partial charge in [-0.05, 0) is 38.2 Å². The molecule has 1 saturated heterocycles. The highest BCUT2D eigenvalue weighted by Crippen LogP contribution is 2.29. The molecule has 1 aliphatic carbocycles. The van der Waals surface area contributed by atoms with Gasteiger partial charge in [0.25, 0.3) is 0 Å². The average molecular weight is 359 g/mol. The highest BCUT2D eigenvalue weighted by molar-refractivity contribution is 5.81. The molecule has 3 amide bonds. The summed E-state index contributed by atoms with van der Waals surface area (Å²) in [6, 6.07) is 7.89. The number of rotatable bonds is 4. The van der Waals surface area contributed by atoms with E-state index in [9.17, 15) is 9.59 Å². The molecule has 2 aliphatic rings. The maximum absolute atomic E-state index is 12.5. The fourth-order valence-corrected chi connectivity index (χ4v) is 4.02. The minimum absolute atomic E-state index is 0.00586. The number of carbonyl (C=O) groups excluding carboxylic acids is 2. The van der Waals surface area contributed by atoms with Crippen molar-refractivity contribution in [2.75, 3.05) is 13.7 Å². The summed E-state index contributed by atoms with van der Waals surface area (Å²) in [7, 11) is 1.64. The standard InChI is InChI=1S/C20H29N3O3/c1-13-8-10-14(11-9-13)18-17(7-4-12-26-18)23-20(25)22-16-6-3-5-15(16)19(24)21-2/h8-11,15-18H,3-7,12H2,1-2H3,(H,21,24)(H2,22,23,25). The summed E-state index contributed by atoms with van der Waals surface area (Å²) in [4.78, 5) is 24.5. The van der Waals surface area contributed by atoms with Crippen LogP contribution < -0.4 is 16.0 Å². The van der Waals surface area contributed by atoms with E-state index >= 15 is 0 Å². The number of urea groups is 1. The van der Waals surface area contributed by atoms with Crippen molar-refractivity contribution in [1.82, 2.24) is 16.0 Å². The van der Waals surface area contributed by atoms with E-state index < -0.39 is 0 Å². The van der Waals surface area contributed by atoms with E-state index in [4.69, 9.17) is 4.74 Å². The van der Waals surface area contributed by atoms with E-state index in [0.717, 1.165) is 37.7 Å². The van der Waals surface area contributed by atoms with Crippen molar-refractivity contribution in [3.63, 3.8) is 0 Å². The Kier molecular flexibility index (Phi) is 6.14. The lowest BCUT2D eigenvalue weighted by Crippen LogP contribution is -2.51. The van der Waals surface area contributed by atoms with E-state index in [-0.39, 0.29) is 36.0 Å². The Labute approximate surface area is 155 Å². The van der Waals surface area contributed by atoms with Gasteiger partial charge in [-0.2, -0.15) is 0 Å². The third-order valence-electron chi connectivity index (χ3n) is 5.46. The zero-order valence-electron chi connectivity index (χ0n) is 15.6. The van der Waals surface area contributed by atoms with Crippen molar-refractivity contribution in [1.29, 1.82) is 0 Å². The molecule has 1 saturated carbocycles. The first-order chi connectivity index (χ1) is 12.6. The first-order valence-corrected chi connectivity index (χ1v) is 9.55. The summed E-state index contributed by atoms with van der Waals surface area (Å²) < 4.78 is 5.96. The van der Waals surface area contributed by atoms with Crippen molar-refractivity contribution >= 4 is 11.9 Å². The van der Waals surface area contributed by atoms with Crippen molar-refractivity contribution in [2.45, 2.75) is 57.2 Å². The van der Waals surface area contributed by atoms with Gasteiger partial charge in [-0.15, -0.1) is 0 Å². The fraction of sp³-hybridized carbons (Fsp3) is 0.600. The van der Waals surface area contributed by atoms with Gasteiger partial charge in [0.15, 0.2) is 0 Å². The summed E-state index contributed by atoms with van der Waals surface area (Å²) in [6.45, 7) is 2.76. The van der Waals surface area contributed by atoms with Crippen molar-refractivity contribution in [3.05, 3.63) is 35.4 Å². The molecule has 4 unspecified atom stereocenters. The second kappa shape index (κ2) is 8.54. The second-order valence-electron chi connectivity index (χ2n) is 7.33. The SMILES string of the molecule is CNC(=O)C1CCCC1NC(=O)NC1CCCOC1c1ccc(C)cc1. The van der Waals surface area contributed by atoms with Crippen LogP contribution in [-0.4, -0.2) is 37.7 Å². The molecule has 142 valence electrons. The Hall–Kier alpha value is -2.08. The summed E-state index contributed by atoms with van der Waals surface area (Å²) in [5.41, 5.74) is 2.29. The van der Waals surface area contributed by atoms with Crippen LogP contribution in [0.25, 0.3) is 0 Å². The summed E-state index contributed by atoms with van der Waals surface area (Å²) in [5.74, 6) is -0.132. The minimum Gasteiger partial charge on any atom is -0.371 e. The quantitative estimate of drug-likeness (QED) is 0.772. The lowest BCUT2D eigenvalue weighted by Gasteiger charge is -2.33. The zero-order chi connectivity index (χ0) is 18.5. The maximum atomic E-state index is 12.5. The highest BCUT2D eigenvalue weighted by Gasteiger charge is 2.35. The lowest BCUT2D eigenvalue weighted by atomic mass is 9.95. The molecule has 1 heterocycles. The van der Waals surface area contributed by atoms with Crippen LogP contribution in [-0.2, 0) is 9.53 Å². The largest absolute Gasteiger partial charge is 0.371 e. The van der Waals surface area contributed by atoms with Gasteiger partial charge in [-0.3, -0.25) is 4.79 Å². The first kappa shape index (κ1) is 18.7. The third kappa shape index (κ3) is 4.36. The smallest absolute Gasteiger partial charge is 0.315 e. The number of amides is 3. The van der Waals surface area contributed by atoms with Gasteiger partial charge in [0.05, 0.1) is 12.0 Å². The lowest BCUT2D eigenvalue weighted by molar-refractivity contribution is -0.124. The molecule has 26 heavy (non-hydrogen) atoms. The number of carbonyl (C=O) groups is 2. The predicted octanol–water partition coefficient (Wildman–Crippen LogP) is 2.43. The summed E-state index contributed by atoms with van der Waals surface area (Å²) >= 11 is 0. The number of nitrogens with one attached hydrogen (secondary N) is 3. The Morgan fingerprint density at radius 3 is 2.42 bits per heavy atom. The van der Waals surface area contributed by atoms with Crippen LogP contribution in [0.2, 0.25) is 0 Å². The van der Waals surface area contributed by atoms with Crippen LogP contribution >= 0.6 is 0 Å². The van der Waals surface area contributed by atoms with E-state index in [0.29, 0.717) is 6.61 Å². The van der Waals surface area contributed by atoms with Gasteiger partial charge in [0.2, 0.25) is 5.91 Å². The topological polar surface area (TPSA) is 79.5 Å². The molecule has 0 radical (unpaired) electrons. The molecule has 6 heteroatoms. The van der Waals surface area contributed by atoms with Crippen LogP contribution in [0.15, 0.2) is 24.3 Å². The summed E-state index contributed by atoms with van der Waals surface area (Å²) in [5, 5.41) is 8.78. The van der Waals surface area contributed by atoms with Gasteiger partial charge in [0.1, 0.15) is 6.10 Å². The normalized spacial score (nSPS) is 28.4. The number of ether oxygens (including phenoxy) is 1. The third-order valence-corrected chi connectivity index (χ3v) is 5.46. The van der Waals surface area contributed by atoms with Gasteiger partial charge in [-0.1, -0.05) is 36.2 Å². The molecule has 3 N–H and O–H groups in total. The zero-order valence-corrected chi connectivity index (χ0v) is 15.6. The van der Waals surface area contributed by atoms with Gasteiger partial charge in [-0.25, -0.2) is 4.79 Å². The minimum atomic E-state index is -0.210. The average Bonchev–Trinajstić information content (AvgIpc) is 3.10. The molecule has 3 rings (SSSR count). The molecule has 0 bridgehead atoms. The molecule has 0 aromatic heterocycles. The molecule has 0 spiro atoms. The Morgan fingerprint density at radius 1 is 1.00 bits per heavy atom. The van der Waals surface area contributed by atoms with E-state index in [1.54, 1.807) is 7.05 Å². The van der Waals surface area contributed by atoms with Gasteiger partial charge >= 0.3 is 6.03 Å². The van der Waals surface area contributed by atoms with E-state index in [2.05, 4.69) is 47.1 Å². The molecule has 2 fully saturated rings.